The highest BCUT2D eigenvalue weighted by Gasteiger charge is 2.54. The average molecular weight is 377 g/mol. The number of hydrogen-bond acceptors (Lipinski definition) is 2. The van der Waals surface area contributed by atoms with Gasteiger partial charge in [-0.1, -0.05) is 37.3 Å². The van der Waals surface area contributed by atoms with E-state index in [4.69, 9.17) is 22.1 Å². The van der Waals surface area contributed by atoms with Crippen molar-refractivity contribution in [2.24, 2.45) is 11.1 Å². The molecule has 3 rings (SSSR count). The quantitative estimate of drug-likeness (QED) is 0.732. The molecule has 2 N–H and O–H groups in total. The molecule has 2 aliphatic carbocycles. The van der Waals surface area contributed by atoms with Crippen molar-refractivity contribution < 1.29 is 9.13 Å². The van der Waals surface area contributed by atoms with Crippen molar-refractivity contribution in [3.63, 3.8) is 0 Å². The van der Waals surface area contributed by atoms with Gasteiger partial charge in [0.25, 0.3) is 0 Å². The smallest absolute Gasteiger partial charge is 0.145 e. The molecule has 5 heteroatoms. The van der Waals surface area contributed by atoms with Crippen molar-refractivity contribution in [1.29, 1.82) is 0 Å². The summed E-state index contributed by atoms with van der Waals surface area (Å²) in [5, 5.41) is 0.101. The van der Waals surface area contributed by atoms with Crippen molar-refractivity contribution in [2.45, 2.75) is 57.1 Å². The average Bonchev–Trinajstić information content (AvgIpc) is 2.72. The summed E-state index contributed by atoms with van der Waals surface area (Å²) in [4.78, 5) is 0. The minimum atomic E-state index is -0.451. The Labute approximate surface area is 138 Å². The van der Waals surface area contributed by atoms with Crippen molar-refractivity contribution in [2.75, 3.05) is 0 Å². The van der Waals surface area contributed by atoms with Gasteiger partial charge in [0.05, 0.1) is 9.50 Å². The zero-order valence-corrected chi connectivity index (χ0v) is 14.2. The highest BCUT2D eigenvalue weighted by atomic mass is 79.9. The summed E-state index contributed by atoms with van der Waals surface area (Å²) < 4.78 is 20.5. The van der Waals surface area contributed by atoms with Crippen LogP contribution in [0.15, 0.2) is 16.6 Å². The Balaban J connectivity index is 1.80. The van der Waals surface area contributed by atoms with Crippen LogP contribution in [-0.4, -0.2) is 12.1 Å². The maximum atomic E-state index is 13.6. The van der Waals surface area contributed by atoms with E-state index in [1.807, 2.05) is 0 Å². The summed E-state index contributed by atoms with van der Waals surface area (Å²) in [5.74, 6) is 0.0748. The van der Waals surface area contributed by atoms with Crippen LogP contribution in [0.5, 0.6) is 5.75 Å². The monoisotopic (exact) mass is 375 g/mol. The van der Waals surface area contributed by atoms with Crippen LogP contribution in [-0.2, 0) is 0 Å². The van der Waals surface area contributed by atoms with E-state index < -0.39 is 5.82 Å². The summed E-state index contributed by atoms with van der Waals surface area (Å²) in [5.41, 5.74) is 6.38. The molecule has 116 valence electrons. The summed E-state index contributed by atoms with van der Waals surface area (Å²) >= 11 is 9.18. The van der Waals surface area contributed by atoms with Crippen LogP contribution in [0, 0.1) is 11.2 Å². The molecule has 2 atom stereocenters. The number of benzene rings is 1. The van der Waals surface area contributed by atoms with E-state index in [0.29, 0.717) is 10.2 Å². The third-order valence-corrected chi connectivity index (χ3v) is 6.04. The van der Waals surface area contributed by atoms with Crippen LogP contribution in [0.1, 0.15) is 44.9 Å². The fraction of sp³-hybridized carbons (Fsp3) is 0.625. The number of rotatable bonds is 2. The van der Waals surface area contributed by atoms with Crippen LogP contribution in [0.3, 0.4) is 0 Å². The van der Waals surface area contributed by atoms with E-state index >= 15 is 0 Å². The number of nitrogens with two attached hydrogens (primary N) is 1. The van der Waals surface area contributed by atoms with Crippen LogP contribution in [0.25, 0.3) is 0 Å². The molecule has 1 aromatic rings. The first kappa shape index (κ1) is 15.6. The van der Waals surface area contributed by atoms with E-state index in [1.54, 1.807) is 6.07 Å². The zero-order valence-electron chi connectivity index (χ0n) is 11.9. The van der Waals surface area contributed by atoms with Crippen molar-refractivity contribution in [3.8, 4) is 5.75 Å². The molecule has 0 radical (unpaired) electrons. The standard InChI is InChI=1S/C16H20BrClFNO/c17-10-7-11(18)12(19)8-13(10)21-15-9-14(20)16(15)5-3-1-2-4-6-16/h7-8,14-15H,1-6,9,20H2. The fourth-order valence-corrected chi connectivity index (χ4v) is 4.50. The number of halogens is 3. The normalized spacial score (nSPS) is 28.0. The summed E-state index contributed by atoms with van der Waals surface area (Å²) in [7, 11) is 0. The SMILES string of the molecule is NC1CC(Oc2cc(F)c(Cl)cc2Br)C12CCCCCC2. The second-order valence-corrected chi connectivity index (χ2v) is 7.55. The van der Waals surface area contributed by atoms with Crippen LogP contribution in [0.4, 0.5) is 4.39 Å². The Bertz CT molecular complexity index is 531. The van der Waals surface area contributed by atoms with Gasteiger partial charge in [-0.3, -0.25) is 0 Å². The van der Waals surface area contributed by atoms with Gasteiger partial charge in [-0.25, -0.2) is 4.39 Å². The van der Waals surface area contributed by atoms with Gasteiger partial charge < -0.3 is 10.5 Å². The molecule has 2 nitrogen and oxygen atoms in total. The van der Waals surface area contributed by atoms with E-state index in [0.717, 1.165) is 19.3 Å². The lowest BCUT2D eigenvalue weighted by Gasteiger charge is -2.54. The summed E-state index contributed by atoms with van der Waals surface area (Å²) in [6.45, 7) is 0. The fourth-order valence-electron chi connectivity index (χ4n) is 3.77. The van der Waals surface area contributed by atoms with Gasteiger partial charge in [0.15, 0.2) is 0 Å². The van der Waals surface area contributed by atoms with E-state index in [2.05, 4.69) is 15.9 Å². The molecule has 2 unspecified atom stereocenters. The molecule has 21 heavy (non-hydrogen) atoms. The lowest BCUT2D eigenvalue weighted by molar-refractivity contribution is -0.0774. The lowest BCUT2D eigenvalue weighted by atomic mass is 9.58. The molecule has 1 spiro atoms. The Hall–Kier alpha value is -0.320. The highest BCUT2D eigenvalue weighted by molar-refractivity contribution is 9.10. The Morgan fingerprint density at radius 1 is 1.24 bits per heavy atom. The van der Waals surface area contributed by atoms with Gasteiger partial charge in [-0.15, -0.1) is 0 Å². The van der Waals surface area contributed by atoms with Crippen molar-refractivity contribution in [3.05, 3.63) is 27.4 Å². The molecule has 0 aromatic heterocycles. The second-order valence-electron chi connectivity index (χ2n) is 6.29. The molecule has 0 amide bonds. The minimum absolute atomic E-state index is 0.0754. The molecule has 0 heterocycles. The third-order valence-electron chi connectivity index (χ3n) is 5.13. The first-order valence-corrected chi connectivity index (χ1v) is 8.77. The third kappa shape index (κ3) is 2.82. The Morgan fingerprint density at radius 2 is 1.90 bits per heavy atom. The zero-order chi connectivity index (χ0) is 15.0. The topological polar surface area (TPSA) is 35.2 Å². The first-order valence-electron chi connectivity index (χ1n) is 7.60. The maximum Gasteiger partial charge on any atom is 0.145 e. The van der Waals surface area contributed by atoms with E-state index in [-0.39, 0.29) is 22.6 Å². The molecule has 0 saturated heterocycles. The molecule has 0 bridgehead atoms. The Morgan fingerprint density at radius 3 is 2.52 bits per heavy atom. The van der Waals surface area contributed by atoms with Gasteiger partial charge >= 0.3 is 0 Å². The molecule has 0 aliphatic heterocycles. The van der Waals surface area contributed by atoms with Gasteiger partial charge in [0.1, 0.15) is 17.7 Å². The van der Waals surface area contributed by atoms with E-state index in [9.17, 15) is 4.39 Å². The molecule has 2 saturated carbocycles. The molecular formula is C16H20BrClFNO. The largest absolute Gasteiger partial charge is 0.488 e. The molecule has 1 aromatic carbocycles. The molecule has 2 fully saturated rings. The van der Waals surface area contributed by atoms with Gasteiger partial charge in [0, 0.05) is 23.9 Å². The van der Waals surface area contributed by atoms with Crippen molar-refractivity contribution in [1.82, 2.24) is 0 Å². The maximum absolute atomic E-state index is 13.6. The van der Waals surface area contributed by atoms with Gasteiger partial charge in [0.2, 0.25) is 0 Å². The molecule has 2 aliphatic rings. The Kier molecular flexibility index (Phi) is 4.49. The first-order chi connectivity index (χ1) is 10.0. The lowest BCUT2D eigenvalue weighted by Crippen LogP contribution is -2.63. The van der Waals surface area contributed by atoms with Crippen LogP contribution >= 0.6 is 27.5 Å². The van der Waals surface area contributed by atoms with Crippen molar-refractivity contribution >= 4 is 27.5 Å². The highest BCUT2D eigenvalue weighted by Crippen LogP contribution is 2.52. The van der Waals surface area contributed by atoms with Crippen LogP contribution < -0.4 is 10.5 Å². The van der Waals surface area contributed by atoms with Crippen LogP contribution in [0.2, 0.25) is 5.02 Å². The minimum Gasteiger partial charge on any atom is -0.488 e. The van der Waals surface area contributed by atoms with Gasteiger partial charge in [-0.05, 0) is 34.8 Å². The predicted octanol–water partition coefficient (Wildman–Crippen LogP) is 5.06. The second kappa shape index (κ2) is 6.05. The number of hydrogen-bond donors (Lipinski definition) is 1. The van der Waals surface area contributed by atoms with E-state index in [1.165, 1.54) is 31.7 Å². The summed E-state index contributed by atoms with van der Waals surface area (Å²) in [6, 6.07) is 3.11. The van der Waals surface area contributed by atoms with Gasteiger partial charge in [-0.2, -0.15) is 0 Å². The number of ether oxygens (including phenoxy) is 1. The predicted molar refractivity (Wildman–Crippen MR) is 86.3 cm³/mol. The summed E-state index contributed by atoms with van der Waals surface area (Å²) in [6.07, 6.45) is 8.15. The molecular weight excluding hydrogens is 357 g/mol.